The van der Waals surface area contributed by atoms with Gasteiger partial charge in [0.1, 0.15) is 12.4 Å². The maximum absolute atomic E-state index is 13.4. The number of aromatic nitrogens is 2. The van der Waals surface area contributed by atoms with E-state index in [9.17, 15) is 4.79 Å². The van der Waals surface area contributed by atoms with Gasteiger partial charge in [0.05, 0.1) is 31.3 Å². The Balaban J connectivity index is 1.48. The van der Waals surface area contributed by atoms with Crippen molar-refractivity contribution in [2.24, 2.45) is 5.10 Å². The molecule has 0 aliphatic carbocycles. The van der Waals surface area contributed by atoms with Gasteiger partial charge in [0.2, 0.25) is 12.5 Å². The van der Waals surface area contributed by atoms with E-state index in [-0.39, 0.29) is 24.9 Å². The molecule has 2 heterocycles. The van der Waals surface area contributed by atoms with Crippen molar-refractivity contribution in [2.45, 2.75) is 32.8 Å². The quantitative estimate of drug-likeness (QED) is 0.224. The van der Waals surface area contributed by atoms with Crippen LogP contribution in [0.15, 0.2) is 62.9 Å². The van der Waals surface area contributed by atoms with Gasteiger partial charge in [0.25, 0.3) is 5.56 Å². The lowest BCUT2D eigenvalue weighted by molar-refractivity contribution is 0.174. The number of nitrogens with zero attached hydrogens (tertiary/aromatic N) is 3. The molecule has 1 aromatic heterocycles. The number of ether oxygens (including phenoxy) is 5. The van der Waals surface area contributed by atoms with Crippen LogP contribution in [0.4, 0.5) is 0 Å². The van der Waals surface area contributed by atoms with E-state index in [4.69, 9.17) is 28.7 Å². The van der Waals surface area contributed by atoms with Crippen LogP contribution in [0.1, 0.15) is 43.1 Å². The third-order valence-electron chi connectivity index (χ3n) is 6.51. The molecule has 0 unspecified atom stereocenters. The largest absolute Gasteiger partial charge is 0.493 e. The van der Waals surface area contributed by atoms with Crippen molar-refractivity contribution < 1.29 is 23.7 Å². The Labute approximate surface area is 234 Å². The van der Waals surface area contributed by atoms with Crippen LogP contribution >= 0.6 is 15.9 Å². The van der Waals surface area contributed by atoms with E-state index in [1.165, 1.54) is 4.68 Å². The van der Waals surface area contributed by atoms with Gasteiger partial charge in [-0.3, -0.25) is 4.79 Å². The van der Waals surface area contributed by atoms with E-state index in [1.807, 2.05) is 37.3 Å². The van der Waals surface area contributed by atoms with Gasteiger partial charge in [-0.1, -0.05) is 35.8 Å². The average molecular weight is 594 g/mol. The molecule has 0 amide bonds. The third kappa shape index (κ3) is 5.42. The van der Waals surface area contributed by atoms with Crippen LogP contribution in [0, 0.1) is 0 Å². The predicted octanol–water partition coefficient (Wildman–Crippen LogP) is 5.88. The Kier molecular flexibility index (Phi) is 7.74. The first-order valence-electron chi connectivity index (χ1n) is 12.5. The highest BCUT2D eigenvalue weighted by Crippen LogP contribution is 2.39. The van der Waals surface area contributed by atoms with Crippen LogP contribution in [-0.2, 0) is 6.61 Å². The fourth-order valence-corrected chi connectivity index (χ4v) is 4.57. The molecule has 4 aromatic rings. The number of rotatable bonds is 9. The molecule has 39 heavy (non-hydrogen) atoms. The maximum Gasteiger partial charge on any atom is 0.282 e. The molecular weight excluding hydrogens is 566 g/mol. The van der Waals surface area contributed by atoms with E-state index in [1.54, 1.807) is 38.6 Å². The molecule has 1 atom stereocenters. The molecule has 0 N–H and O–H groups in total. The van der Waals surface area contributed by atoms with Crippen LogP contribution in [0.3, 0.4) is 0 Å². The average Bonchev–Trinajstić information content (AvgIpc) is 3.43. The zero-order valence-electron chi connectivity index (χ0n) is 22.1. The molecule has 5 rings (SSSR count). The van der Waals surface area contributed by atoms with E-state index in [0.717, 1.165) is 16.5 Å². The lowest BCUT2D eigenvalue weighted by Crippen LogP contribution is -2.23. The van der Waals surface area contributed by atoms with Gasteiger partial charge in [0.15, 0.2) is 23.0 Å². The molecule has 0 bridgehead atoms. The van der Waals surface area contributed by atoms with Crippen LogP contribution in [0.5, 0.6) is 28.7 Å². The van der Waals surface area contributed by atoms with Crippen molar-refractivity contribution in [3.8, 4) is 28.7 Å². The summed E-state index contributed by atoms with van der Waals surface area (Å²) in [7, 11) is 3.11. The molecule has 0 spiro atoms. The van der Waals surface area contributed by atoms with Crippen molar-refractivity contribution in [2.75, 3.05) is 21.0 Å². The smallest absolute Gasteiger partial charge is 0.282 e. The number of benzene rings is 3. The Morgan fingerprint density at radius 1 is 1.08 bits per heavy atom. The number of hydrogen-bond acceptors (Lipinski definition) is 8. The Bertz CT molecular complexity index is 1590. The second-order valence-corrected chi connectivity index (χ2v) is 9.95. The van der Waals surface area contributed by atoms with E-state index in [0.29, 0.717) is 51.0 Å². The molecular formula is C29H28BrN3O6. The van der Waals surface area contributed by atoms with Gasteiger partial charge in [0, 0.05) is 16.0 Å². The van der Waals surface area contributed by atoms with Crippen molar-refractivity contribution in [3.63, 3.8) is 0 Å². The lowest BCUT2D eigenvalue weighted by atomic mass is 10.1. The van der Waals surface area contributed by atoms with Crippen LogP contribution in [0.2, 0.25) is 0 Å². The molecule has 10 heteroatoms. The summed E-state index contributed by atoms with van der Waals surface area (Å²) in [4.78, 5) is 18.2. The van der Waals surface area contributed by atoms with Gasteiger partial charge < -0.3 is 23.7 Å². The summed E-state index contributed by atoms with van der Waals surface area (Å²) in [5.74, 6) is 3.39. The zero-order valence-corrected chi connectivity index (χ0v) is 23.6. The third-order valence-corrected chi connectivity index (χ3v) is 7.01. The van der Waals surface area contributed by atoms with Gasteiger partial charge >= 0.3 is 0 Å². The highest BCUT2D eigenvalue weighted by Gasteiger charge is 2.18. The Hall–Kier alpha value is -4.05. The summed E-state index contributed by atoms with van der Waals surface area (Å²) in [5.41, 5.74) is 1.96. The summed E-state index contributed by atoms with van der Waals surface area (Å²) in [5, 5.41) is 5.04. The molecule has 0 radical (unpaired) electrons. The monoisotopic (exact) mass is 593 g/mol. The molecule has 9 nitrogen and oxygen atoms in total. The lowest BCUT2D eigenvalue weighted by Gasteiger charge is -2.16. The number of methoxy groups -OCH3 is 2. The molecule has 0 saturated carbocycles. The minimum atomic E-state index is -0.240. The predicted molar refractivity (Wildman–Crippen MR) is 152 cm³/mol. The normalized spacial score (nSPS) is 13.2. The molecule has 3 aromatic carbocycles. The summed E-state index contributed by atoms with van der Waals surface area (Å²) < 4.78 is 30.3. The van der Waals surface area contributed by atoms with E-state index >= 15 is 0 Å². The molecule has 1 aliphatic heterocycles. The number of fused-ring (bicyclic) bond motifs is 2. The zero-order chi connectivity index (χ0) is 27.5. The number of halogens is 1. The highest BCUT2D eigenvalue weighted by molar-refractivity contribution is 9.10. The van der Waals surface area contributed by atoms with Gasteiger partial charge in [-0.05, 0) is 54.4 Å². The van der Waals surface area contributed by atoms with Gasteiger partial charge in [-0.2, -0.15) is 9.78 Å². The standard InChI is InChI=1S/C29H28BrN3O6/c1-5-17(2)28-32-22-8-7-20(30)13-21(22)29(34)33(28)31-14-19-11-25(35-3)27(26(12-19)36-4)37-15-18-6-9-23-24(10-18)39-16-38-23/h6-14,17H,5,15-16H2,1-4H3/t17-/m0/s1. The first-order valence-corrected chi connectivity index (χ1v) is 13.2. The summed E-state index contributed by atoms with van der Waals surface area (Å²) in [6.45, 7) is 4.55. The van der Waals surface area contributed by atoms with Gasteiger partial charge in [-0.15, -0.1) is 0 Å². The fourth-order valence-electron chi connectivity index (χ4n) is 4.21. The summed E-state index contributed by atoms with van der Waals surface area (Å²) in [6.07, 6.45) is 2.40. The van der Waals surface area contributed by atoms with Crippen LogP contribution < -0.4 is 29.2 Å². The fraction of sp³-hybridized carbons (Fsp3) is 0.276. The Morgan fingerprint density at radius 2 is 1.82 bits per heavy atom. The second kappa shape index (κ2) is 11.4. The summed E-state index contributed by atoms with van der Waals surface area (Å²) >= 11 is 3.44. The minimum Gasteiger partial charge on any atom is -0.493 e. The second-order valence-electron chi connectivity index (χ2n) is 9.03. The first kappa shape index (κ1) is 26.6. The SMILES string of the molecule is CC[C@H](C)c1nc2ccc(Br)cc2c(=O)n1N=Cc1cc(OC)c(OCc2ccc3c(c2)OCO3)c(OC)c1. The maximum atomic E-state index is 13.4. The molecule has 0 fully saturated rings. The Morgan fingerprint density at radius 3 is 2.54 bits per heavy atom. The van der Waals surface area contributed by atoms with Crippen molar-refractivity contribution in [1.29, 1.82) is 0 Å². The van der Waals surface area contributed by atoms with Crippen LogP contribution in [-0.4, -0.2) is 36.9 Å². The van der Waals surface area contributed by atoms with Crippen molar-refractivity contribution in [1.82, 2.24) is 9.66 Å². The highest BCUT2D eigenvalue weighted by atomic mass is 79.9. The van der Waals surface area contributed by atoms with Crippen LogP contribution in [0.25, 0.3) is 10.9 Å². The van der Waals surface area contributed by atoms with Gasteiger partial charge in [-0.25, -0.2) is 4.98 Å². The van der Waals surface area contributed by atoms with E-state index < -0.39 is 0 Å². The van der Waals surface area contributed by atoms with Crippen molar-refractivity contribution in [3.05, 3.63) is 80.3 Å². The molecule has 1 aliphatic rings. The minimum absolute atomic E-state index is 0.0268. The summed E-state index contributed by atoms with van der Waals surface area (Å²) in [6, 6.07) is 14.7. The molecule has 202 valence electrons. The topological polar surface area (TPSA) is 93.4 Å². The van der Waals surface area contributed by atoms with Crippen molar-refractivity contribution >= 4 is 33.0 Å². The first-order chi connectivity index (χ1) is 18.9. The molecule has 0 saturated heterocycles. The number of hydrogen-bond donors (Lipinski definition) is 0. The van der Waals surface area contributed by atoms with E-state index in [2.05, 4.69) is 28.0 Å².